The Balaban J connectivity index is 1.83. The van der Waals surface area contributed by atoms with E-state index in [1.165, 1.54) is 12.1 Å². The Kier molecular flexibility index (Phi) is 7.29. The quantitative estimate of drug-likeness (QED) is 0.544. The van der Waals surface area contributed by atoms with Gasteiger partial charge in [-0.1, -0.05) is 18.2 Å². The van der Waals surface area contributed by atoms with E-state index in [0.717, 1.165) is 6.42 Å². The SMILES string of the molecule is CC(C)(C)OC(=O)NC[C@H]1CCCN(c2c(N)ccc(Oc3ccccc3)c2C(F)(F)F)C1. The minimum absolute atomic E-state index is 0.0310. The number of nitrogens with one attached hydrogen (secondary N) is 1. The van der Waals surface area contributed by atoms with Crippen LogP contribution < -0.4 is 20.7 Å². The highest BCUT2D eigenvalue weighted by Crippen LogP contribution is 2.47. The van der Waals surface area contributed by atoms with Crippen molar-refractivity contribution in [1.82, 2.24) is 5.32 Å². The zero-order chi connectivity index (χ0) is 24.2. The summed E-state index contributed by atoms with van der Waals surface area (Å²) in [4.78, 5) is 13.6. The highest BCUT2D eigenvalue weighted by molar-refractivity contribution is 5.76. The Morgan fingerprint density at radius 1 is 1.15 bits per heavy atom. The number of ether oxygens (including phenoxy) is 2. The second kappa shape index (κ2) is 9.80. The van der Waals surface area contributed by atoms with Gasteiger partial charge in [-0.05, 0) is 63.8 Å². The van der Waals surface area contributed by atoms with Gasteiger partial charge in [0.05, 0.1) is 11.4 Å². The zero-order valence-corrected chi connectivity index (χ0v) is 19.0. The van der Waals surface area contributed by atoms with Crippen molar-refractivity contribution in [3.8, 4) is 11.5 Å². The minimum Gasteiger partial charge on any atom is -0.457 e. The number of carbonyl (C=O) groups is 1. The average Bonchev–Trinajstić information content (AvgIpc) is 2.72. The molecule has 9 heteroatoms. The number of para-hydroxylation sites is 1. The Labute approximate surface area is 191 Å². The molecule has 0 aliphatic carbocycles. The number of rotatable bonds is 5. The number of nitrogens with two attached hydrogens (primary N) is 1. The molecular formula is C24H30F3N3O3. The lowest BCUT2D eigenvalue weighted by Crippen LogP contribution is -2.43. The number of anilines is 2. The molecule has 3 N–H and O–H groups in total. The predicted molar refractivity (Wildman–Crippen MR) is 122 cm³/mol. The van der Waals surface area contributed by atoms with Gasteiger partial charge in [-0.25, -0.2) is 4.79 Å². The minimum atomic E-state index is -4.67. The fourth-order valence-corrected chi connectivity index (χ4v) is 3.88. The van der Waals surface area contributed by atoms with E-state index in [2.05, 4.69) is 5.32 Å². The molecule has 1 amide bonds. The third-order valence-electron chi connectivity index (χ3n) is 5.19. The number of nitrogen functional groups attached to an aromatic ring is 1. The Morgan fingerprint density at radius 3 is 2.48 bits per heavy atom. The summed E-state index contributed by atoms with van der Waals surface area (Å²) in [7, 11) is 0. The van der Waals surface area contributed by atoms with E-state index in [4.69, 9.17) is 15.2 Å². The number of nitrogens with zero attached hydrogens (tertiary/aromatic N) is 1. The van der Waals surface area contributed by atoms with Crippen LogP contribution in [0.25, 0.3) is 0 Å². The van der Waals surface area contributed by atoms with Crippen LogP contribution in [0.2, 0.25) is 0 Å². The number of benzene rings is 2. The molecule has 3 rings (SSSR count). The van der Waals surface area contributed by atoms with Crippen LogP contribution in [0.5, 0.6) is 11.5 Å². The lowest BCUT2D eigenvalue weighted by atomic mass is 9.96. The molecule has 0 aromatic heterocycles. The average molecular weight is 466 g/mol. The highest BCUT2D eigenvalue weighted by Gasteiger charge is 2.41. The number of carbonyl (C=O) groups excluding carboxylic acids is 1. The zero-order valence-electron chi connectivity index (χ0n) is 19.0. The van der Waals surface area contributed by atoms with Crippen molar-refractivity contribution in [2.75, 3.05) is 30.3 Å². The van der Waals surface area contributed by atoms with Crippen LogP contribution in [0, 0.1) is 5.92 Å². The normalized spacial score (nSPS) is 16.9. The molecule has 1 atom stereocenters. The maximum atomic E-state index is 14.2. The van der Waals surface area contributed by atoms with Crippen molar-refractivity contribution in [2.24, 2.45) is 5.92 Å². The molecule has 180 valence electrons. The van der Waals surface area contributed by atoms with Gasteiger partial charge in [-0.15, -0.1) is 0 Å². The summed E-state index contributed by atoms with van der Waals surface area (Å²) in [5.74, 6) is -0.0471. The summed E-state index contributed by atoms with van der Waals surface area (Å²) in [6.07, 6.45) is -3.78. The van der Waals surface area contributed by atoms with Crippen LogP contribution >= 0.6 is 0 Å². The van der Waals surface area contributed by atoms with Crippen molar-refractivity contribution in [2.45, 2.75) is 45.4 Å². The molecule has 1 heterocycles. The van der Waals surface area contributed by atoms with Crippen molar-refractivity contribution >= 4 is 17.5 Å². The van der Waals surface area contributed by atoms with E-state index >= 15 is 0 Å². The topological polar surface area (TPSA) is 76.8 Å². The summed E-state index contributed by atoms with van der Waals surface area (Å²) < 4.78 is 53.5. The molecule has 0 spiro atoms. The maximum Gasteiger partial charge on any atom is 0.422 e. The van der Waals surface area contributed by atoms with Gasteiger partial charge in [0.15, 0.2) is 0 Å². The number of hydrogen-bond acceptors (Lipinski definition) is 5. The summed E-state index contributed by atoms with van der Waals surface area (Å²) in [5.41, 5.74) is 4.48. The smallest absolute Gasteiger partial charge is 0.422 e. The van der Waals surface area contributed by atoms with E-state index in [0.29, 0.717) is 31.8 Å². The van der Waals surface area contributed by atoms with E-state index in [9.17, 15) is 18.0 Å². The van der Waals surface area contributed by atoms with Crippen LogP contribution in [0.1, 0.15) is 39.2 Å². The summed E-state index contributed by atoms with van der Waals surface area (Å²) in [6.45, 7) is 6.33. The van der Waals surface area contributed by atoms with Gasteiger partial charge < -0.3 is 25.4 Å². The van der Waals surface area contributed by atoms with Crippen LogP contribution in [-0.2, 0) is 10.9 Å². The number of alkyl halides is 3. The number of halogens is 3. The van der Waals surface area contributed by atoms with Crippen molar-refractivity contribution in [3.63, 3.8) is 0 Å². The molecule has 0 unspecified atom stereocenters. The molecule has 1 aliphatic rings. The van der Waals surface area contributed by atoms with Gasteiger partial charge >= 0.3 is 12.3 Å². The van der Waals surface area contributed by atoms with E-state index in [-0.39, 0.29) is 23.0 Å². The molecule has 0 radical (unpaired) electrons. The van der Waals surface area contributed by atoms with Crippen molar-refractivity contribution < 1.29 is 27.4 Å². The molecular weight excluding hydrogens is 435 g/mol. The lowest BCUT2D eigenvalue weighted by Gasteiger charge is -2.37. The monoisotopic (exact) mass is 465 g/mol. The fraction of sp³-hybridized carbons (Fsp3) is 0.458. The molecule has 6 nitrogen and oxygen atoms in total. The first-order valence-electron chi connectivity index (χ1n) is 10.9. The van der Waals surface area contributed by atoms with E-state index < -0.39 is 23.4 Å². The standard InChI is InChI=1S/C24H30F3N3O3/c1-23(2,3)33-22(31)29-14-16-8-7-13-30(15-16)21-18(28)11-12-19(20(21)24(25,26)27)32-17-9-5-4-6-10-17/h4-6,9-12,16H,7-8,13-15,28H2,1-3H3,(H,29,31)/t16-/m1/s1. The molecule has 33 heavy (non-hydrogen) atoms. The van der Waals surface area contributed by atoms with Crippen molar-refractivity contribution in [3.05, 3.63) is 48.0 Å². The molecule has 0 bridgehead atoms. The molecule has 1 saturated heterocycles. The van der Waals surface area contributed by atoms with Gasteiger partial charge in [0.2, 0.25) is 0 Å². The first kappa shape index (κ1) is 24.5. The van der Waals surface area contributed by atoms with Crippen LogP contribution in [0.4, 0.5) is 29.3 Å². The number of alkyl carbamates (subject to hydrolysis) is 1. The largest absolute Gasteiger partial charge is 0.457 e. The maximum absolute atomic E-state index is 14.2. The van der Waals surface area contributed by atoms with Crippen LogP contribution in [0.15, 0.2) is 42.5 Å². The van der Waals surface area contributed by atoms with Gasteiger partial charge in [-0.2, -0.15) is 13.2 Å². The Bertz CT molecular complexity index is 959. The summed E-state index contributed by atoms with van der Waals surface area (Å²) >= 11 is 0. The van der Waals surface area contributed by atoms with Gasteiger partial charge in [0.1, 0.15) is 22.7 Å². The van der Waals surface area contributed by atoms with Gasteiger partial charge in [0.25, 0.3) is 0 Å². The molecule has 1 aliphatic heterocycles. The lowest BCUT2D eigenvalue weighted by molar-refractivity contribution is -0.138. The summed E-state index contributed by atoms with van der Waals surface area (Å²) in [6, 6.07) is 11.0. The highest BCUT2D eigenvalue weighted by atomic mass is 19.4. The molecule has 0 saturated carbocycles. The summed E-state index contributed by atoms with van der Waals surface area (Å²) in [5, 5.41) is 2.72. The third kappa shape index (κ3) is 6.69. The Hall–Kier alpha value is -3.10. The second-order valence-corrected chi connectivity index (χ2v) is 9.13. The first-order valence-corrected chi connectivity index (χ1v) is 10.9. The molecule has 2 aromatic carbocycles. The van der Waals surface area contributed by atoms with Crippen molar-refractivity contribution in [1.29, 1.82) is 0 Å². The number of hydrogen-bond donors (Lipinski definition) is 2. The first-order chi connectivity index (χ1) is 15.4. The second-order valence-electron chi connectivity index (χ2n) is 9.13. The third-order valence-corrected chi connectivity index (χ3v) is 5.19. The van der Waals surface area contributed by atoms with Crippen LogP contribution in [-0.4, -0.2) is 31.3 Å². The molecule has 1 fully saturated rings. The number of piperidine rings is 1. The van der Waals surface area contributed by atoms with E-state index in [1.54, 1.807) is 56.0 Å². The van der Waals surface area contributed by atoms with E-state index in [1.807, 2.05) is 0 Å². The van der Waals surface area contributed by atoms with Crippen LogP contribution in [0.3, 0.4) is 0 Å². The number of amides is 1. The van der Waals surface area contributed by atoms with Gasteiger partial charge in [0, 0.05) is 19.6 Å². The molecule has 2 aromatic rings. The predicted octanol–water partition coefficient (Wildman–Crippen LogP) is 5.82. The Morgan fingerprint density at radius 2 is 1.85 bits per heavy atom. The van der Waals surface area contributed by atoms with Gasteiger partial charge in [-0.3, -0.25) is 0 Å². The fourth-order valence-electron chi connectivity index (χ4n) is 3.88.